The molecule has 0 spiro atoms. The van der Waals surface area contributed by atoms with Gasteiger partial charge in [-0.25, -0.2) is 0 Å². The molecule has 0 atom stereocenters. The first-order valence-corrected chi connectivity index (χ1v) is 6.02. The third-order valence-electron chi connectivity index (χ3n) is 1.83. The van der Waals surface area contributed by atoms with Gasteiger partial charge in [0.15, 0.2) is 0 Å². The van der Waals surface area contributed by atoms with E-state index in [1.54, 1.807) is 0 Å². The molecule has 0 fully saturated rings. The van der Waals surface area contributed by atoms with Gasteiger partial charge in [-0.2, -0.15) is 0 Å². The van der Waals surface area contributed by atoms with Crippen molar-refractivity contribution in [3.8, 4) is 0 Å². The molecule has 0 saturated carbocycles. The summed E-state index contributed by atoms with van der Waals surface area (Å²) in [5, 5.41) is 5.54. The van der Waals surface area contributed by atoms with Gasteiger partial charge in [0.1, 0.15) is 0 Å². The Balaban J connectivity index is 3.56. The van der Waals surface area contributed by atoms with Gasteiger partial charge < -0.3 is 10.1 Å². The summed E-state index contributed by atoms with van der Waals surface area (Å²) in [7, 11) is 0. The Hall–Kier alpha value is -1.10. The fourth-order valence-corrected chi connectivity index (χ4v) is 1.12. The molecule has 0 aliphatic heterocycles. The average molecular weight is 244 g/mol. The van der Waals surface area contributed by atoms with E-state index in [0.717, 1.165) is 12.8 Å². The number of nitrogens with one attached hydrogen (secondary N) is 2. The highest BCUT2D eigenvalue weighted by atomic mass is 16.5. The van der Waals surface area contributed by atoms with E-state index in [1.165, 1.54) is 0 Å². The van der Waals surface area contributed by atoms with Crippen molar-refractivity contribution in [2.24, 2.45) is 0 Å². The monoisotopic (exact) mass is 244 g/mol. The highest BCUT2D eigenvalue weighted by Gasteiger charge is 2.13. The number of carbonyl (C=O) groups is 2. The highest BCUT2D eigenvalue weighted by Crippen LogP contribution is 1.97. The van der Waals surface area contributed by atoms with E-state index in [1.807, 2.05) is 27.7 Å². The first kappa shape index (κ1) is 15.9. The summed E-state index contributed by atoms with van der Waals surface area (Å²) in [6.07, 6.45) is 1.87. The van der Waals surface area contributed by atoms with Crippen molar-refractivity contribution in [2.45, 2.75) is 46.1 Å². The van der Waals surface area contributed by atoms with Gasteiger partial charge in [0.2, 0.25) is 5.91 Å². The molecule has 5 heteroatoms. The second-order valence-corrected chi connectivity index (χ2v) is 4.98. The third-order valence-corrected chi connectivity index (χ3v) is 1.83. The summed E-state index contributed by atoms with van der Waals surface area (Å²) in [4.78, 5) is 22.5. The molecule has 1 amide bonds. The first-order chi connectivity index (χ1) is 7.85. The average Bonchev–Trinajstić information content (AvgIpc) is 2.15. The Labute approximate surface area is 103 Å². The van der Waals surface area contributed by atoms with Gasteiger partial charge in [-0.3, -0.25) is 14.9 Å². The first-order valence-electron chi connectivity index (χ1n) is 6.02. The number of hydrogen-bond acceptors (Lipinski definition) is 4. The van der Waals surface area contributed by atoms with Gasteiger partial charge in [-0.15, -0.1) is 0 Å². The summed E-state index contributed by atoms with van der Waals surface area (Å²) in [5.74, 6) is -0.444. The molecule has 17 heavy (non-hydrogen) atoms. The number of ether oxygens (including phenoxy) is 1. The number of carbonyl (C=O) groups excluding carboxylic acids is 2. The quantitative estimate of drug-likeness (QED) is 0.514. The van der Waals surface area contributed by atoms with E-state index in [4.69, 9.17) is 4.74 Å². The Morgan fingerprint density at radius 1 is 1.18 bits per heavy atom. The van der Waals surface area contributed by atoms with Crippen LogP contribution < -0.4 is 10.6 Å². The lowest BCUT2D eigenvalue weighted by molar-refractivity contribution is -0.142. The van der Waals surface area contributed by atoms with Crippen LogP contribution in [0.5, 0.6) is 0 Å². The standard InChI is InChI=1S/C12H24N2O3/c1-5-6-7-17-11(16)9-13-8-10(15)14-12(2,3)4/h13H,5-9H2,1-4H3,(H,14,15). The molecule has 0 saturated heterocycles. The molecule has 0 radical (unpaired) electrons. The lowest BCUT2D eigenvalue weighted by atomic mass is 10.1. The number of unbranched alkanes of at least 4 members (excludes halogenated alkanes) is 1. The van der Waals surface area contributed by atoms with Gasteiger partial charge >= 0.3 is 5.97 Å². The summed E-state index contributed by atoms with van der Waals surface area (Å²) >= 11 is 0. The zero-order chi connectivity index (χ0) is 13.3. The minimum absolute atomic E-state index is 0.0707. The maximum Gasteiger partial charge on any atom is 0.319 e. The van der Waals surface area contributed by atoms with Crippen LogP contribution in [0.3, 0.4) is 0 Å². The van der Waals surface area contributed by atoms with E-state index in [2.05, 4.69) is 10.6 Å². The summed E-state index contributed by atoms with van der Waals surface area (Å²) < 4.78 is 4.93. The van der Waals surface area contributed by atoms with Crippen LogP contribution in [0.15, 0.2) is 0 Å². The lowest BCUT2D eigenvalue weighted by Crippen LogP contribution is -2.45. The maximum absolute atomic E-state index is 11.4. The molecular formula is C12H24N2O3. The van der Waals surface area contributed by atoms with Crippen LogP contribution in [0.4, 0.5) is 0 Å². The van der Waals surface area contributed by atoms with E-state index in [-0.39, 0.29) is 30.5 Å². The summed E-state index contributed by atoms with van der Waals surface area (Å²) in [5.41, 5.74) is -0.250. The van der Waals surface area contributed by atoms with Gasteiger partial charge in [-0.1, -0.05) is 13.3 Å². The van der Waals surface area contributed by atoms with E-state index < -0.39 is 0 Å². The SMILES string of the molecule is CCCCOC(=O)CNCC(=O)NC(C)(C)C. The van der Waals surface area contributed by atoms with Crippen molar-refractivity contribution < 1.29 is 14.3 Å². The zero-order valence-electron chi connectivity index (χ0n) is 11.3. The molecule has 0 aliphatic carbocycles. The van der Waals surface area contributed by atoms with Gasteiger partial charge in [0.05, 0.1) is 19.7 Å². The van der Waals surface area contributed by atoms with Crippen molar-refractivity contribution in [1.29, 1.82) is 0 Å². The molecule has 5 nitrogen and oxygen atoms in total. The molecule has 0 heterocycles. The molecule has 0 aliphatic rings. The van der Waals surface area contributed by atoms with Gasteiger partial charge in [-0.05, 0) is 27.2 Å². The number of hydrogen-bond donors (Lipinski definition) is 2. The molecular weight excluding hydrogens is 220 g/mol. The molecule has 2 N–H and O–H groups in total. The van der Waals surface area contributed by atoms with E-state index >= 15 is 0 Å². The van der Waals surface area contributed by atoms with Crippen LogP contribution in [0.25, 0.3) is 0 Å². The minimum atomic E-state index is -0.318. The number of rotatable bonds is 7. The van der Waals surface area contributed by atoms with Crippen LogP contribution in [0.1, 0.15) is 40.5 Å². The zero-order valence-corrected chi connectivity index (χ0v) is 11.3. The van der Waals surface area contributed by atoms with Crippen molar-refractivity contribution in [3.63, 3.8) is 0 Å². The Bertz CT molecular complexity index is 247. The molecule has 100 valence electrons. The fourth-order valence-electron chi connectivity index (χ4n) is 1.12. The highest BCUT2D eigenvalue weighted by molar-refractivity contribution is 5.79. The second-order valence-electron chi connectivity index (χ2n) is 4.98. The van der Waals surface area contributed by atoms with Crippen LogP contribution >= 0.6 is 0 Å². The molecule has 0 aromatic carbocycles. The Morgan fingerprint density at radius 2 is 1.82 bits per heavy atom. The van der Waals surface area contributed by atoms with Crippen LogP contribution in [-0.2, 0) is 14.3 Å². The summed E-state index contributed by atoms with van der Waals surface area (Å²) in [6.45, 7) is 8.40. The minimum Gasteiger partial charge on any atom is -0.465 e. The van der Waals surface area contributed by atoms with Crippen LogP contribution in [0, 0.1) is 0 Å². The smallest absolute Gasteiger partial charge is 0.319 e. The van der Waals surface area contributed by atoms with Crippen molar-refractivity contribution in [3.05, 3.63) is 0 Å². The molecule has 0 rings (SSSR count). The summed E-state index contributed by atoms with van der Waals surface area (Å²) in [6, 6.07) is 0. The normalized spacial score (nSPS) is 11.1. The lowest BCUT2D eigenvalue weighted by Gasteiger charge is -2.20. The predicted octanol–water partition coefficient (Wildman–Crippen LogP) is 0.834. The van der Waals surface area contributed by atoms with Gasteiger partial charge in [0.25, 0.3) is 0 Å². The fraction of sp³-hybridized carbons (Fsp3) is 0.833. The predicted molar refractivity (Wildman–Crippen MR) is 66.6 cm³/mol. The largest absolute Gasteiger partial charge is 0.465 e. The van der Waals surface area contributed by atoms with Crippen LogP contribution in [0.2, 0.25) is 0 Å². The van der Waals surface area contributed by atoms with Gasteiger partial charge in [0, 0.05) is 5.54 Å². The second kappa shape index (κ2) is 8.06. The molecule has 0 aromatic heterocycles. The topological polar surface area (TPSA) is 67.4 Å². The third kappa shape index (κ3) is 11.2. The van der Waals surface area contributed by atoms with Crippen molar-refractivity contribution in [2.75, 3.05) is 19.7 Å². The molecule has 0 aromatic rings. The van der Waals surface area contributed by atoms with E-state index in [0.29, 0.717) is 6.61 Å². The Kier molecular flexibility index (Phi) is 7.54. The van der Waals surface area contributed by atoms with E-state index in [9.17, 15) is 9.59 Å². The van der Waals surface area contributed by atoms with Crippen molar-refractivity contribution in [1.82, 2.24) is 10.6 Å². The number of amides is 1. The number of esters is 1. The molecule has 0 bridgehead atoms. The maximum atomic E-state index is 11.4. The van der Waals surface area contributed by atoms with Crippen molar-refractivity contribution >= 4 is 11.9 Å². The Morgan fingerprint density at radius 3 is 2.35 bits per heavy atom. The molecule has 0 unspecified atom stereocenters. The van der Waals surface area contributed by atoms with Crippen LogP contribution in [-0.4, -0.2) is 37.1 Å².